The van der Waals surface area contributed by atoms with Gasteiger partial charge < -0.3 is 10.2 Å². The first-order valence-electron chi connectivity index (χ1n) is 8.68. The van der Waals surface area contributed by atoms with Crippen molar-refractivity contribution in [3.63, 3.8) is 0 Å². The Balaban J connectivity index is 1.90. The molecule has 0 aliphatic heterocycles. The normalized spacial score (nSPS) is 15.4. The van der Waals surface area contributed by atoms with Gasteiger partial charge in [-0.3, -0.25) is 4.98 Å². The van der Waals surface area contributed by atoms with Gasteiger partial charge in [-0.2, -0.15) is 0 Å². The van der Waals surface area contributed by atoms with Gasteiger partial charge in [-0.1, -0.05) is 32.4 Å². The van der Waals surface area contributed by atoms with Crippen molar-refractivity contribution in [3.8, 4) is 11.1 Å². The third-order valence-electron chi connectivity index (χ3n) is 5.36. The summed E-state index contributed by atoms with van der Waals surface area (Å²) in [5.41, 5.74) is 11.0. The Labute approximate surface area is 156 Å². The summed E-state index contributed by atoms with van der Waals surface area (Å²) < 4.78 is 6.53. The van der Waals surface area contributed by atoms with Crippen LogP contribution in [-0.2, 0) is 10.8 Å². The topological polar surface area (TPSA) is 48.1 Å². The van der Waals surface area contributed by atoms with Gasteiger partial charge in [0.15, 0.2) is 8.32 Å². The lowest BCUT2D eigenvalue weighted by molar-refractivity contribution is 0.310. The smallest absolute Gasteiger partial charge is 0.193 e. The Kier molecular flexibility index (Phi) is 4.73. The summed E-state index contributed by atoms with van der Waals surface area (Å²) in [6, 6.07) is 7.71. The zero-order valence-corrected chi connectivity index (χ0v) is 17.4. The highest BCUT2D eigenvalue weighted by molar-refractivity contribution is 6.74. The minimum Gasteiger partial charge on any atom is -0.403 e. The highest BCUT2D eigenvalue weighted by atomic mass is 35.5. The molecule has 3 nitrogen and oxygen atoms in total. The quantitative estimate of drug-likeness (QED) is 0.543. The number of pyridine rings is 1. The van der Waals surface area contributed by atoms with Crippen LogP contribution in [0.3, 0.4) is 0 Å². The number of nitrogens with zero attached hydrogens (tertiary/aromatic N) is 1. The fourth-order valence-corrected chi connectivity index (χ4v) is 4.10. The molecule has 2 N–H and O–H groups in total. The molecule has 1 aliphatic rings. The molecular formula is C20H26ClN2OSi. The summed E-state index contributed by atoms with van der Waals surface area (Å²) in [6.07, 6.45) is 4.80. The number of aromatic nitrogens is 1. The van der Waals surface area contributed by atoms with E-state index in [4.69, 9.17) is 26.7 Å². The Morgan fingerprint density at radius 3 is 2.56 bits per heavy atom. The van der Waals surface area contributed by atoms with Crippen molar-refractivity contribution in [1.29, 1.82) is 0 Å². The van der Waals surface area contributed by atoms with Crippen LogP contribution < -0.4 is 5.73 Å². The van der Waals surface area contributed by atoms with Crippen LogP contribution in [-0.4, -0.2) is 13.3 Å². The molecule has 1 aromatic heterocycles. The van der Waals surface area contributed by atoms with E-state index >= 15 is 0 Å². The molecule has 25 heavy (non-hydrogen) atoms. The molecule has 0 bridgehead atoms. The van der Waals surface area contributed by atoms with Gasteiger partial charge in [0, 0.05) is 28.0 Å². The summed E-state index contributed by atoms with van der Waals surface area (Å²) in [5, 5.41) is 0.857. The predicted molar refractivity (Wildman–Crippen MR) is 108 cm³/mol. The van der Waals surface area contributed by atoms with Crippen LogP contribution >= 0.6 is 11.6 Å². The summed E-state index contributed by atoms with van der Waals surface area (Å²) in [7, 11) is -1.85. The van der Waals surface area contributed by atoms with E-state index in [9.17, 15) is 0 Å². The molecule has 1 heterocycles. The lowest BCUT2D eigenvalue weighted by Crippen LogP contribution is -2.41. The van der Waals surface area contributed by atoms with Gasteiger partial charge in [0.25, 0.3) is 0 Å². The third kappa shape index (κ3) is 3.62. The maximum absolute atomic E-state index is 6.53. The minimum atomic E-state index is -1.85. The van der Waals surface area contributed by atoms with Crippen LogP contribution in [0.2, 0.25) is 23.2 Å². The average molecular weight is 374 g/mol. The second-order valence-electron chi connectivity index (χ2n) is 8.25. The number of rotatable bonds is 3. The number of halogens is 1. The number of hydrogen-bond acceptors (Lipinski definition) is 3. The van der Waals surface area contributed by atoms with E-state index < -0.39 is 8.32 Å². The van der Waals surface area contributed by atoms with Gasteiger partial charge >= 0.3 is 0 Å². The molecular weight excluding hydrogens is 348 g/mol. The number of nitrogen functional groups attached to an aromatic ring is 1. The summed E-state index contributed by atoms with van der Waals surface area (Å²) >= 11 is 6.13. The molecule has 2 aromatic rings. The fraction of sp³-hybridized carbons (Fsp3) is 0.400. The Hall–Kier alpha value is -1.36. The molecule has 0 atom stereocenters. The highest BCUT2D eigenvalue weighted by Crippen LogP contribution is 2.43. The zero-order valence-electron chi connectivity index (χ0n) is 15.6. The van der Waals surface area contributed by atoms with Crippen molar-refractivity contribution in [2.45, 2.75) is 51.7 Å². The van der Waals surface area contributed by atoms with E-state index in [1.807, 2.05) is 18.3 Å². The average Bonchev–Trinajstić information content (AvgIpc) is 2.90. The second-order valence-corrected chi connectivity index (χ2v) is 13.4. The van der Waals surface area contributed by atoms with E-state index in [0.29, 0.717) is 10.7 Å². The van der Waals surface area contributed by atoms with Gasteiger partial charge in [0.1, 0.15) is 6.10 Å². The van der Waals surface area contributed by atoms with Crippen LogP contribution in [0, 0.1) is 6.10 Å². The molecule has 3 rings (SSSR count). The number of anilines is 1. The molecule has 1 radical (unpaired) electrons. The minimum absolute atomic E-state index is 0.179. The highest BCUT2D eigenvalue weighted by Gasteiger charge is 2.41. The SMILES string of the molecule is CC(C)(C)[Si](C)(C)O[C]1CCc2cc(-c3cc(Cl)ccc3N)cnc21. The molecule has 0 spiro atoms. The van der Waals surface area contributed by atoms with Crippen LogP contribution in [0.5, 0.6) is 0 Å². The van der Waals surface area contributed by atoms with Crippen molar-refractivity contribution >= 4 is 25.6 Å². The maximum Gasteiger partial charge on any atom is 0.193 e. The van der Waals surface area contributed by atoms with Crippen molar-refractivity contribution in [2.75, 3.05) is 5.73 Å². The molecule has 133 valence electrons. The van der Waals surface area contributed by atoms with Gasteiger partial charge in [0.2, 0.25) is 0 Å². The first-order valence-corrected chi connectivity index (χ1v) is 12.0. The predicted octanol–water partition coefficient (Wildman–Crippen LogP) is 5.83. The number of aryl methyl sites for hydroxylation is 1. The van der Waals surface area contributed by atoms with E-state index in [0.717, 1.165) is 35.8 Å². The summed E-state index contributed by atoms with van der Waals surface area (Å²) in [4.78, 5) is 4.72. The van der Waals surface area contributed by atoms with Crippen LogP contribution in [0.4, 0.5) is 5.69 Å². The zero-order chi connectivity index (χ0) is 18.4. The van der Waals surface area contributed by atoms with Crippen molar-refractivity contribution in [3.05, 3.63) is 52.8 Å². The van der Waals surface area contributed by atoms with Gasteiger partial charge in [0.05, 0.1) is 5.69 Å². The number of fused-ring (bicyclic) bond motifs is 1. The lowest BCUT2D eigenvalue weighted by atomic mass is 10.0. The number of nitrogens with two attached hydrogens (primary N) is 1. The van der Waals surface area contributed by atoms with Crippen LogP contribution in [0.25, 0.3) is 11.1 Å². The van der Waals surface area contributed by atoms with Crippen LogP contribution in [0.15, 0.2) is 30.5 Å². The van der Waals surface area contributed by atoms with Gasteiger partial charge in [-0.15, -0.1) is 0 Å². The molecule has 0 fully saturated rings. The van der Waals surface area contributed by atoms with E-state index in [1.165, 1.54) is 5.56 Å². The maximum atomic E-state index is 6.53. The molecule has 0 unspecified atom stereocenters. The second kappa shape index (κ2) is 6.42. The third-order valence-corrected chi connectivity index (χ3v) is 9.97. The Bertz CT molecular complexity index is 799. The van der Waals surface area contributed by atoms with E-state index in [-0.39, 0.29) is 5.04 Å². The number of benzene rings is 1. The summed E-state index contributed by atoms with van der Waals surface area (Å²) in [6.45, 7) is 11.3. The van der Waals surface area contributed by atoms with Gasteiger partial charge in [-0.25, -0.2) is 0 Å². The molecule has 5 heteroatoms. The first kappa shape index (κ1) is 18.4. The molecule has 0 saturated carbocycles. The van der Waals surface area contributed by atoms with Crippen molar-refractivity contribution < 1.29 is 4.43 Å². The van der Waals surface area contributed by atoms with Gasteiger partial charge in [-0.05, 0) is 60.8 Å². The van der Waals surface area contributed by atoms with E-state index in [1.54, 1.807) is 6.07 Å². The largest absolute Gasteiger partial charge is 0.403 e. The summed E-state index contributed by atoms with van der Waals surface area (Å²) in [5.74, 6) is 0. The molecule has 1 aromatic carbocycles. The van der Waals surface area contributed by atoms with E-state index in [2.05, 4.69) is 39.9 Å². The lowest BCUT2D eigenvalue weighted by Gasteiger charge is -2.38. The molecule has 1 aliphatic carbocycles. The Morgan fingerprint density at radius 2 is 1.88 bits per heavy atom. The van der Waals surface area contributed by atoms with Crippen molar-refractivity contribution in [1.82, 2.24) is 4.98 Å². The van der Waals surface area contributed by atoms with Crippen molar-refractivity contribution in [2.24, 2.45) is 0 Å². The first-order chi connectivity index (χ1) is 11.6. The number of hydrogen-bond donors (Lipinski definition) is 1. The molecule has 0 amide bonds. The monoisotopic (exact) mass is 373 g/mol. The standard InChI is InChI=1S/C20H26ClN2OSi/c1-20(2,3)25(4,5)24-18-9-6-13-10-14(12-23-19(13)18)16-11-15(21)7-8-17(16)22/h7-8,10-12H,6,9,22H2,1-5H3. The van der Waals surface area contributed by atoms with Crippen LogP contribution in [0.1, 0.15) is 38.4 Å². The fourth-order valence-electron chi connectivity index (χ4n) is 2.80. The molecule has 0 saturated heterocycles. The Morgan fingerprint density at radius 1 is 1.16 bits per heavy atom.